The van der Waals surface area contributed by atoms with Gasteiger partial charge in [-0.15, -0.1) is 11.8 Å². The van der Waals surface area contributed by atoms with Crippen molar-refractivity contribution in [3.63, 3.8) is 0 Å². The van der Waals surface area contributed by atoms with Crippen LogP contribution in [-0.4, -0.2) is 57.3 Å². The van der Waals surface area contributed by atoms with Gasteiger partial charge in [-0.05, 0) is 25.8 Å². The Labute approximate surface area is 203 Å². The van der Waals surface area contributed by atoms with Gasteiger partial charge in [0.1, 0.15) is 24.1 Å². The van der Waals surface area contributed by atoms with Crippen LogP contribution in [0.4, 0.5) is 4.79 Å². The second-order valence-electron chi connectivity index (χ2n) is 8.90. The molecule has 0 aromatic heterocycles. The number of nitrogens with zero attached hydrogens (tertiary/aromatic N) is 1. The molecule has 1 N–H and O–H groups in total. The van der Waals surface area contributed by atoms with Gasteiger partial charge in [-0.2, -0.15) is 0 Å². The van der Waals surface area contributed by atoms with Gasteiger partial charge in [-0.25, -0.2) is 9.59 Å². The summed E-state index contributed by atoms with van der Waals surface area (Å²) < 4.78 is 15.1. The van der Waals surface area contributed by atoms with E-state index in [4.69, 9.17) is 14.2 Å². The molecule has 1 aromatic rings. The highest BCUT2D eigenvalue weighted by Gasteiger charge is 2.64. The minimum absolute atomic E-state index is 0.0879. The van der Waals surface area contributed by atoms with E-state index < -0.39 is 46.5 Å². The van der Waals surface area contributed by atoms with Crippen molar-refractivity contribution >= 4 is 35.7 Å². The van der Waals surface area contributed by atoms with E-state index in [2.05, 4.69) is 5.32 Å². The van der Waals surface area contributed by atoms with Crippen LogP contribution in [-0.2, 0) is 35.2 Å². The number of thioether (sulfide) groups is 1. The molecule has 2 amide bonds. The van der Waals surface area contributed by atoms with Crippen LogP contribution in [0.15, 0.2) is 30.3 Å². The maximum absolute atomic E-state index is 12.9. The van der Waals surface area contributed by atoms with Crippen molar-refractivity contribution in [3.05, 3.63) is 35.9 Å². The second kappa shape index (κ2) is 11.1. The van der Waals surface area contributed by atoms with Crippen molar-refractivity contribution < 1.29 is 33.4 Å². The van der Waals surface area contributed by atoms with Crippen LogP contribution in [0.3, 0.4) is 0 Å². The van der Waals surface area contributed by atoms with E-state index in [1.807, 2.05) is 51.1 Å². The van der Waals surface area contributed by atoms with Crippen LogP contribution in [0.5, 0.6) is 0 Å². The summed E-state index contributed by atoms with van der Waals surface area (Å²) in [5.41, 5.74) is 0.832. The molecule has 4 atom stereocenters. The average molecular weight is 493 g/mol. The molecule has 2 saturated heterocycles. The van der Waals surface area contributed by atoms with Gasteiger partial charge in [0, 0.05) is 18.1 Å². The van der Waals surface area contributed by atoms with Gasteiger partial charge >= 0.3 is 18.0 Å². The van der Waals surface area contributed by atoms with Crippen LogP contribution < -0.4 is 5.32 Å². The lowest BCUT2D eigenvalue weighted by atomic mass is 9.96. The first-order valence-corrected chi connectivity index (χ1v) is 12.4. The van der Waals surface area contributed by atoms with Crippen LogP contribution in [0.2, 0.25) is 0 Å². The Morgan fingerprint density at radius 3 is 2.53 bits per heavy atom. The minimum Gasteiger partial charge on any atom is -0.445 e. The highest BCUT2D eigenvalue weighted by molar-refractivity contribution is 8.01. The first kappa shape index (κ1) is 25.9. The first-order chi connectivity index (χ1) is 16.1. The number of carbonyl (C=O) groups excluding carboxylic acids is 4. The molecule has 0 spiro atoms. The number of ether oxygens (including phenoxy) is 3. The van der Waals surface area contributed by atoms with Crippen molar-refractivity contribution in [2.75, 3.05) is 0 Å². The normalized spacial score (nSPS) is 23.4. The van der Waals surface area contributed by atoms with Gasteiger partial charge in [0.15, 0.2) is 0 Å². The van der Waals surface area contributed by atoms with Crippen LogP contribution in [0, 0.1) is 0 Å². The highest BCUT2D eigenvalue weighted by atomic mass is 32.2. The van der Waals surface area contributed by atoms with Crippen molar-refractivity contribution in [2.24, 2.45) is 0 Å². The van der Waals surface area contributed by atoms with Gasteiger partial charge in [0.05, 0.1) is 0 Å². The van der Waals surface area contributed by atoms with Gasteiger partial charge < -0.3 is 24.4 Å². The van der Waals surface area contributed by atoms with Crippen LogP contribution in [0.25, 0.3) is 0 Å². The number of hydrogen-bond acceptors (Lipinski definition) is 8. The monoisotopic (exact) mass is 492 g/mol. The largest absolute Gasteiger partial charge is 0.445 e. The molecular weight excluding hydrogens is 460 g/mol. The molecule has 2 unspecified atom stereocenters. The molecule has 10 heteroatoms. The van der Waals surface area contributed by atoms with E-state index in [0.29, 0.717) is 6.42 Å². The standard InChI is InChI=1S/C24H32N2O7S/c1-5-6-8-13-17(27)32-15(2)33-22(29)19-24(3,4)34-21-18(20(28)26(19)21)25-23(30)31-14-16-11-9-7-10-12-16/h7,9-12,15,18-19,21H,5-6,8,13-14H2,1-4H3,(H,25,30)/t15?,18?,19-,21+/m0/s1. The number of fused-ring (bicyclic) bond motifs is 1. The number of rotatable bonds is 10. The fraction of sp³-hybridized carbons (Fsp3) is 0.583. The Bertz CT molecular complexity index is 908. The molecule has 3 rings (SSSR count). The van der Waals surface area contributed by atoms with Crippen LogP contribution in [0.1, 0.15) is 58.9 Å². The SMILES string of the molecule is CCCCCC(=O)OC(C)OC(=O)[C@@H]1N2C(=O)C(NC(=O)OCc3ccccc3)[C@H]2SC1(C)C. The third kappa shape index (κ3) is 6.02. The Balaban J connectivity index is 1.52. The maximum atomic E-state index is 12.9. The molecule has 2 heterocycles. The molecule has 2 aliphatic rings. The molecule has 186 valence electrons. The summed E-state index contributed by atoms with van der Waals surface area (Å²) in [5.74, 6) is -1.46. The number of β-lactam (4-membered cyclic amide) rings is 1. The fourth-order valence-corrected chi connectivity index (χ4v) is 5.65. The van der Waals surface area contributed by atoms with E-state index in [-0.39, 0.29) is 18.9 Å². The van der Waals surface area contributed by atoms with Crippen molar-refractivity contribution in [2.45, 2.75) is 88.5 Å². The maximum Gasteiger partial charge on any atom is 0.408 e. The molecule has 0 bridgehead atoms. The lowest BCUT2D eigenvalue weighted by Crippen LogP contribution is -2.70. The zero-order chi connectivity index (χ0) is 24.9. The summed E-state index contributed by atoms with van der Waals surface area (Å²) in [4.78, 5) is 51.3. The Morgan fingerprint density at radius 1 is 1.15 bits per heavy atom. The van der Waals surface area contributed by atoms with Gasteiger partial charge in [-0.3, -0.25) is 9.59 Å². The van der Waals surface area contributed by atoms with Crippen molar-refractivity contribution in [1.29, 1.82) is 0 Å². The summed E-state index contributed by atoms with van der Waals surface area (Å²) in [6.45, 7) is 7.27. The molecule has 1 aromatic carbocycles. The second-order valence-corrected chi connectivity index (χ2v) is 10.7. The number of benzene rings is 1. The number of nitrogens with one attached hydrogen (secondary N) is 1. The number of amides is 2. The lowest BCUT2D eigenvalue weighted by molar-refractivity contribution is -0.191. The Kier molecular flexibility index (Phi) is 8.46. The van der Waals surface area contributed by atoms with Gasteiger partial charge in [-0.1, -0.05) is 50.1 Å². The Hall–Kier alpha value is -2.75. The predicted octanol–water partition coefficient (Wildman–Crippen LogP) is 3.36. The molecule has 0 radical (unpaired) electrons. The summed E-state index contributed by atoms with van der Waals surface area (Å²) >= 11 is 1.40. The smallest absolute Gasteiger partial charge is 0.408 e. The van der Waals surface area contributed by atoms with E-state index in [0.717, 1.165) is 18.4 Å². The van der Waals surface area contributed by atoms with Crippen molar-refractivity contribution in [1.82, 2.24) is 10.2 Å². The zero-order valence-corrected chi connectivity index (χ0v) is 20.8. The van der Waals surface area contributed by atoms with Gasteiger partial charge in [0.2, 0.25) is 12.2 Å². The number of alkyl carbamates (subject to hydrolysis) is 1. The molecule has 0 saturated carbocycles. The number of carbonyl (C=O) groups is 4. The molecular formula is C24H32N2O7S. The molecule has 0 aliphatic carbocycles. The summed E-state index contributed by atoms with van der Waals surface area (Å²) in [5, 5.41) is 2.18. The van der Waals surface area contributed by atoms with E-state index in [9.17, 15) is 19.2 Å². The summed E-state index contributed by atoms with van der Waals surface area (Å²) in [7, 11) is 0. The number of unbranched alkanes of at least 4 members (excludes halogenated alkanes) is 2. The van der Waals surface area contributed by atoms with E-state index in [1.165, 1.54) is 23.6 Å². The Morgan fingerprint density at radius 2 is 1.85 bits per heavy atom. The summed E-state index contributed by atoms with van der Waals surface area (Å²) in [6.07, 6.45) is 1.13. The average Bonchev–Trinajstić information content (AvgIpc) is 3.04. The molecule has 2 fully saturated rings. The molecule has 34 heavy (non-hydrogen) atoms. The third-order valence-electron chi connectivity index (χ3n) is 5.71. The topological polar surface area (TPSA) is 111 Å². The molecule has 9 nitrogen and oxygen atoms in total. The number of esters is 2. The highest BCUT2D eigenvalue weighted by Crippen LogP contribution is 2.51. The number of hydrogen-bond donors (Lipinski definition) is 1. The minimum atomic E-state index is -1.06. The molecule has 2 aliphatic heterocycles. The van der Waals surface area contributed by atoms with Crippen LogP contribution >= 0.6 is 11.8 Å². The fourth-order valence-electron chi connectivity index (χ4n) is 4.03. The predicted molar refractivity (Wildman–Crippen MR) is 125 cm³/mol. The quantitative estimate of drug-likeness (QED) is 0.229. The first-order valence-electron chi connectivity index (χ1n) is 11.5. The van der Waals surface area contributed by atoms with E-state index >= 15 is 0 Å². The van der Waals surface area contributed by atoms with Gasteiger partial charge in [0.25, 0.3) is 0 Å². The van der Waals surface area contributed by atoms with Crippen molar-refractivity contribution in [3.8, 4) is 0 Å². The third-order valence-corrected chi connectivity index (χ3v) is 7.29. The van der Waals surface area contributed by atoms with E-state index in [1.54, 1.807) is 0 Å². The lowest BCUT2D eigenvalue weighted by Gasteiger charge is -2.43. The summed E-state index contributed by atoms with van der Waals surface area (Å²) in [6, 6.07) is 7.55. The zero-order valence-electron chi connectivity index (χ0n) is 19.9.